The first kappa shape index (κ1) is 16.0. The van der Waals surface area contributed by atoms with E-state index in [2.05, 4.69) is 24.3 Å². The van der Waals surface area contributed by atoms with Crippen molar-refractivity contribution in [1.82, 2.24) is 4.90 Å². The molecule has 1 aromatic rings. The van der Waals surface area contributed by atoms with Crippen molar-refractivity contribution in [2.24, 2.45) is 11.3 Å². The van der Waals surface area contributed by atoms with E-state index in [1.165, 1.54) is 5.56 Å². The highest BCUT2D eigenvalue weighted by Crippen LogP contribution is 2.38. The minimum absolute atomic E-state index is 0.0751. The van der Waals surface area contributed by atoms with Gasteiger partial charge in [0.2, 0.25) is 5.91 Å². The van der Waals surface area contributed by atoms with Crippen LogP contribution in [0.1, 0.15) is 50.5 Å². The van der Waals surface area contributed by atoms with Crippen molar-refractivity contribution in [2.45, 2.75) is 44.9 Å². The Morgan fingerprint density at radius 3 is 2.35 bits per heavy atom. The molecule has 2 fully saturated rings. The van der Waals surface area contributed by atoms with Crippen LogP contribution in [0, 0.1) is 11.3 Å². The molecular weight excluding hydrogens is 290 g/mol. The van der Waals surface area contributed by atoms with E-state index in [0.717, 1.165) is 25.7 Å². The lowest BCUT2D eigenvalue weighted by atomic mass is 9.78. The maximum absolute atomic E-state index is 12.7. The minimum Gasteiger partial charge on any atom is -0.481 e. The summed E-state index contributed by atoms with van der Waals surface area (Å²) in [6.45, 7) is 2.69. The van der Waals surface area contributed by atoms with E-state index in [1.807, 2.05) is 6.07 Å². The molecule has 0 radical (unpaired) electrons. The van der Waals surface area contributed by atoms with E-state index in [1.54, 1.807) is 11.8 Å². The number of amides is 1. The maximum atomic E-state index is 12.7. The Bertz CT molecular complexity index is 578. The zero-order chi connectivity index (χ0) is 16.4. The summed E-state index contributed by atoms with van der Waals surface area (Å²) in [7, 11) is 0. The number of rotatable bonds is 3. The predicted molar refractivity (Wildman–Crippen MR) is 88.1 cm³/mol. The SMILES string of the molecule is CC1(C(=O)O)CCN(C(=O)C2CCC(c3ccccc3)CC2)C1. The van der Waals surface area contributed by atoms with Gasteiger partial charge >= 0.3 is 5.97 Å². The van der Waals surface area contributed by atoms with Crippen LogP contribution in [0.2, 0.25) is 0 Å². The van der Waals surface area contributed by atoms with Crippen LogP contribution in [-0.4, -0.2) is 35.0 Å². The molecule has 2 aliphatic rings. The minimum atomic E-state index is -0.791. The summed E-state index contributed by atoms with van der Waals surface area (Å²) in [6, 6.07) is 10.5. The highest BCUT2D eigenvalue weighted by atomic mass is 16.4. The molecule has 0 bridgehead atoms. The van der Waals surface area contributed by atoms with E-state index in [9.17, 15) is 14.7 Å². The summed E-state index contributed by atoms with van der Waals surface area (Å²) in [5.74, 6) is 0.0105. The van der Waals surface area contributed by atoms with Crippen molar-refractivity contribution in [2.75, 3.05) is 13.1 Å². The van der Waals surface area contributed by atoms with Crippen LogP contribution in [0.3, 0.4) is 0 Å². The van der Waals surface area contributed by atoms with Crippen molar-refractivity contribution >= 4 is 11.9 Å². The van der Waals surface area contributed by atoms with Crippen LogP contribution in [0.25, 0.3) is 0 Å². The summed E-state index contributed by atoms with van der Waals surface area (Å²) in [4.78, 5) is 25.8. The van der Waals surface area contributed by atoms with Crippen LogP contribution in [0.5, 0.6) is 0 Å². The number of carboxylic acids is 1. The zero-order valence-corrected chi connectivity index (χ0v) is 13.7. The topological polar surface area (TPSA) is 57.6 Å². The third-order valence-electron chi connectivity index (χ3n) is 5.65. The lowest BCUT2D eigenvalue weighted by Gasteiger charge is -2.31. The average molecular weight is 315 g/mol. The van der Waals surface area contributed by atoms with E-state index in [4.69, 9.17) is 0 Å². The fourth-order valence-electron chi connectivity index (χ4n) is 3.98. The third-order valence-corrected chi connectivity index (χ3v) is 5.65. The van der Waals surface area contributed by atoms with Gasteiger partial charge in [0, 0.05) is 19.0 Å². The van der Waals surface area contributed by atoms with Crippen LogP contribution >= 0.6 is 0 Å². The molecule has 0 aromatic heterocycles. The number of carbonyl (C=O) groups excluding carboxylic acids is 1. The second-order valence-corrected chi connectivity index (χ2v) is 7.33. The molecule has 1 heterocycles. The lowest BCUT2D eigenvalue weighted by molar-refractivity contribution is -0.147. The first-order valence-electron chi connectivity index (χ1n) is 8.57. The van der Waals surface area contributed by atoms with Gasteiger partial charge in [0.15, 0.2) is 0 Å². The summed E-state index contributed by atoms with van der Waals surface area (Å²) in [5.41, 5.74) is 0.606. The van der Waals surface area contributed by atoms with Crippen molar-refractivity contribution in [3.05, 3.63) is 35.9 Å². The summed E-state index contributed by atoms with van der Waals surface area (Å²) < 4.78 is 0. The van der Waals surface area contributed by atoms with E-state index >= 15 is 0 Å². The number of hydrogen-bond donors (Lipinski definition) is 1. The van der Waals surface area contributed by atoms with E-state index < -0.39 is 11.4 Å². The Morgan fingerprint density at radius 2 is 1.78 bits per heavy atom. The number of aliphatic carboxylic acids is 1. The number of nitrogens with zero attached hydrogens (tertiary/aromatic N) is 1. The Morgan fingerprint density at radius 1 is 1.13 bits per heavy atom. The van der Waals surface area contributed by atoms with Crippen LogP contribution in [-0.2, 0) is 9.59 Å². The number of benzene rings is 1. The molecule has 1 aromatic carbocycles. The summed E-state index contributed by atoms with van der Waals surface area (Å²) in [6.07, 6.45) is 4.49. The van der Waals surface area contributed by atoms with Gasteiger partial charge in [-0.05, 0) is 50.5 Å². The molecule has 0 spiro atoms. The van der Waals surface area contributed by atoms with Gasteiger partial charge in [-0.3, -0.25) is 9.59 Å². The highest BCUT2D eigenvalue weighted by molar-refractivity contribution is 5.82. The highest BCUT2D eigenvalue weighted by Gasteiger charge is 2.43. The van der Waals surface area contributed by atoms with Crippen LogP contribution in [0.4, 0.5) is 0 Å². The first-order chi connectivity index (χ1) is 11.0. The predicted octanol–water partition coefficient (Wildman–Crippen LogP) is 3.28. The molecule has 124 valence electrons. The normalized spacial score (nSPS) is 31.1. The molecule has 3 rings (SSSR count). The fraction of sp³-hybridized carbons (Fsp3) is 0.579. The molecule has 4 nitrogen and oxygen atoms in total. The van der Waals surface area contributed by atoms with Gasteiger partial charge in [0.25, 0.3) is 0 Å². The summed E-state index contributed by atoms with van der Waals surface area (Å²) >= 11 is 0. The molecule has 23 heavy (non-hydrogen) atoms. The molecule has 1 aliphatic carbocycles. The molecule has 1 atom stereocenters. The number of likely N-dealkylation sites (tertiary alicyclic amines) is 1. The van der Waals surface area contributed by atoms with Gasteiger partial charge in [-0.1, -0.05) is 30.3 Å². The maximum Gasteiger partial charge on any atom is 0.311 e. The van der Waals surface area contributed by atoms with Gasteiger partial charge in [-0.25, -0.2) is 0 Å². The van der Waals surface area contributed by atoms with Crippen molar-refractivity contribution in [1.29, 1.82) is 0 Å². The molecule has 1 N–H and O–H groups in total. The van der Waals surface area contributed by atoms with E-state index in [-0.39, 0.29) is 11.8 Å². The van der Waals surface area contributed by atoms with Crippen molar-refractivity contribution in [3.63, 3.8) is 0 Å². The molecular formula is C19H25NO3. The number of hydrogen-bond acceptors (Lipinski definition) is 2. The third kappa shape index (κ3) is 3.26. The Kier molecular flexibility index (Phi) is 4.42. The quantitative estimate of drug-likeness (QED) is 0.931. The monoisotopic (exact) mass is 315 g/mol. The number of carbonyl (C=O) groups is 2. The molecule has 1 aliphatic heterocycles. The van der Waals surface area contributed by atoms with Gasteiger partial charge in [-0.15, -0.1) is 0 Å². The van der Waals surface area contributed by atoms with Gasteiger partial charge in [0.1, 0.15) is 0 Å². The molecule has 4 heteroatoms. The Hall–Kier alpha value is -1.84. The van der Waals surface area contributed by atoms with Gasteiger partial charge < -0.3 is 10.0 Å². The standard InChI is InChI=1S/C19H25NO3/c1-19(18(22)23)11-12-20(13-19)17(21)16-9-7-15(8-10-16)14-5-3-2-4-6-14/h2-6,15-16H,7-13H2,1H3,(H,22,23). The summed E-state index contributed by atoms with van der Waals surface area (Å²) in [5, 5.41) is 9.31. The van der Waals surface area contributed by atoms with Crippen LogP contribution in [0.15, 0.2) is 30.3 Å². The Labute approximate surface area is 137 Å². The van der Waals surface area contributed by atoms with Crippen molar-refractivity contribution < 1.29 is 14.7 Å². The molecule has 1 amide bonds. The zero-order valence-electron chi connectivity index (χ0n) is 13.7. The average Bonchev–Trinajstić information content (AvgIpc) is 2.99. The smallest absolute Gasteiger partial charge is 0.311 e. The molecule has 1 unspecified atom stereocenters. The molecule has 1 saturated carbocycles. The van der Waals surface area contributed by atoms with Gasteiger partial charge in [-0.2, -0.15) is 0 Å². The lowest BCUT2D eigenvalue weighted by Crippen LogP contribution is -2.39. The fourth-order valence-corrected chi connectivity index (χ4v) is 3.98. The van der Waals surface area contributed by atoms with Crippen LogP contribution < -0.4 is 0 Å². The second-order valence-electron chi connectivity index (χ2n) is 7.33. The van der Waals surface area contributed by atoms with Crippen molar-refractivity contribution in [3.8, 4) is 0 Å². The second kappa shape index (κ2) is 6.34. The Balaban J connectivity index is 1.56. The van der Waals surface area contributed by atoms with Gasteiger partial charge in [0.05, 0.1) is 5.41 Å². The van der Waals surface area contributed by atoms with E-state index in [0.29, 0.717) is 25.4 Å². The molecule has 1 saturated heterocycles. The first-order valence-corrected chi connectivity index (χ1v) is 8.57. The largest absolute Gasteiger partial charge is 0.481 e. The number of carboxylic acid groups (broad SMARTS) is 1.